The Kier molecular flexibility index (Phi) is 3.64. The third-order valence-electron chi connectivity index (χ3n) is 3.12. The van der Waals surface area contributed by atoms with Gasteiger partial charge in [-0.2, -0.15) is 5.26 Å². The number of pyridine rings is 1. The monoisotopic (exact) mass is 291 g/mol. The summed E-state index contributed by atoms with van der Waals surface area (Å²) in [6.07, 6.45) is -0.121. The van der Waals surface area contributed by atoms with Gasteiger partial charge in [-0.15, -0.1) is 0 Å². The SMILES string of the molecule is CC(C)(C)OC(=O)N1CCc2c([nH]c(=O)c(C#N)c2O)C1. The van der Waals surface area contributed by atoms with Gasteiger partial charge in [0.05, 0.1) is 6.54 Å². The molecule has 0 fully saturated rings. The van der Waals surface area contributed by atoms with E-state index in [0.717, 1.165) is 0 Å². The summed E-state index contributed by atoms with van der Waals surface area (Å²) in [5.74, 6) is -0.292. The van der Waals surface area contributed by atoms with Gasteiger partial charge in [0.25, 0.3) is 5.56 Å². The number of aromatic amines is 1. The molecular weight excluding hydrogens is 274 g/mol. The molecule has 0 spiro atoms. The molecule has 21 heavy (non-hydrogen) atoms. The maximum Gasteiger partial charge on any atom is 0.410 e. The number of carbonyl (C=O) groups excluding carboxylic acids is 1. The zero-order valence-electron chi connectivity index (χ0n) is 12.2. The lowest BCUT2D eigenvalue weighted by Gasteiger charge is -2.31. The van der Waals surface area contributed by atoms with E-state index in [1.54, 1.807) is 26.8 Å². The highest BCUT2D eigenvalue weighted by molar-refractivity contribution is 5.68. The molecule has 0 aromatic carbocycles. The molecule has 0 saturated carbocycles. The van der Waals surface area contributed by atoms with Crippen LogP contribution in [0.1, 0.15) is 37.6 Å². The maximum atomic E-state index is 12.0. The Morgan fingerprint density at radius 1 is 1.48 bits per heavy atom. The van der Waals surface area contributed by atoms with Gasteiger partial charge in [0.15, 0.2) is 5.56 Å². The molecule has 2 heterocycles. The van der Waals surface area contributed by atoms with Crippen LogP contribution in [-0.4, -0.2) is 33.2 Å². The van der Waals surface area contributed by atoms with Crippen molar-refractivity contribution in [2.24, 2.45) is 0 Å². The minimum atomic E-state index is -0.653. The molecule has 0 atom stereocenters. The second kappa shape index (κ2) is 5.13. The van der Waals surface area contributed by atoms with Crippen LogP contribution in [0.3, 0.4) is 0 Å². The van der Waals surface area contributed by atoms with Crippen molar-refractivity contribution in [3.8, 4) is 11.8 Å². The average Bonchev–Trinajstić information content (AvgIpc) is 2.36. The number of aromatic hydroxyl groups is 1. The third kappa shape index (κ3) is 2.99. The molecule has 2 rings (SSSR count). The molecule has 7 nitrogen and oxygen atoms in total. The summed E-state index contributed by atoms with van der Waals surface area (Å²) in [6, 6.07) is 1.68. The lowest BCUT2D eigenvalue weighted by molar-refractivity contribution is 0.0219. The Hall–Kier alpha value is -2.49. The fourth-order valence-electron chi connectivity index (χ4n) is 2.18. The molecule has 0 aliphatic carbocycles. The smallest absolute Gasteiger partial charge is 0.410 e. The van der Waals surface area contributed by atoms with Crippen LogP contribution in [0, 0.1) is 11.3 Å². The number of carbonyl (C=O) groups is 1. The quantitative estimate of drug-likeness (QED) is 0.748. The van der Waals surface area contributed by atoms with Gasteiger partial charge in [-0.25, -0.2) is 4.79 Å². The van der Waals surface area contributed by atoms with Gasteiger partial charge < -0.3 is 19.7 Å². The molecule has 1 amide bonds. The summed E-state index contributed by atoms with van der Waals surface area (Å²) in [5.41, 5.74) is -0.601. The Bertz CT molecular complexity index is 679. The van der Waals surface area contributed by atoms with Crippen molar-refractivity contribution in [2.75, 3.05) is 6.54 Å². The topological polar surface area (TPSA) is 106 Å². The molecule has 112 valence electrons. The lowest BCUT2D eigenvalue weighted by atomic mass is 10.0. The van der Waals surface area contributed by atoms with Gasteiger partial charge in [-0.1, -0.05) is 0 Å². The third-order valence-corrected chi connectivity index (χ3v) is 3.12. The van der Waals surface area contributed by atoms with Crippen LogP contribution in [0.5, 0.6) is 5.75 Å². The molecule has 2 N–H and O–H groups in total. The number of fused-ring (bicyclic) bond motifs is 1. The zero-order valence-corrected chi connectivity index (χ0v) is 12.2. The fraction of sp³-hybridized carbons (Fsp3) is 0.500. The maximum absolute atomic E-state index is 12.0. The number of amides is 1. The fourth-order valence-corrected chi connectivity index (χ4v) is 2.18. The molecule has 1 aliphatic heterocycles. The summed E-state index contributed by atoms with van der Waals surface area (Å²) in [4.78, 5) is 27.7. The number of hydrogen-bond acceptors (Lipinski definition) is 5. The first-order chi connectivity index (χ1) is 9.73. The van der Waals surface area contributed by atoms with Crippen molar-refractivity contribution in [3.05, 3.63) is 27.2 Å². The van der Waals surface area contributed by atoms with E-state index in [9.17, 15) is 14.7 Å². The van der Waals surface area contributed by atoms with Crippen LogP contribution < -0.4 is 5.56 Å². The summed E-state index contributed by atoms with van der Waals surface area (Å²) < 4.78 is 5.28. The van der Waals surface area contributed by atoms with Crippen LogP contribution in [0.2, 0.25) is 0 Å². The van der Waals surface area contributed by atoms with Crippen molar-refractivity contribution in [1.29, 1.82) is 5.26 Å². The molecule has 0 radical (unpaired) electrons. The van der Waals surface area contributed by atoms with E-state index in [-0.39, 0.29) is 17.9 Å². The standard InChI is InChI=1S/C14H17N3O4/c1-14(2,3)21-13(20)17-5-4-8-10(7-17)16-12(19)9(6-15)11(8)18/h4-5,7H2,1-3H3,(H2,16,18,19). The number of aromatic nitrogens is 1. The summed E-state index contributed by atoms with van der Waals surface area (Å²) in [5, 5.41) is 18.8. The van der Waals surface area contributed by atoms with Crippen molar-refractivity contribution in [3.63, 3.8) is 0 Å². The normalized spacial score (nSPS) is 14.3. The number of rotatable bonds is 0. The van der Waals surface area contributed by atoms with Crippen LogP contribution in [0.25, 0.3) is 0 Å². The Labute approximate surface area is 121 Å². The van der Waals surface area contributed by atoms with Crippen molar-refractivity contribution in [2.45, 2.75) is 39.3 Å². The van der Waals surface area contributed by atoms with Crippen LogP contribution in [0.15, 0.2) is 4.79 Å². The van der Waals surface area contributed by atoms with Crippen molar-refractivity contribution >= 4 is 6.09 Å². The summed E-state index contributed by atoms with van der Waals surface area (Å²) in [7, 11) is 0. The van der Waals surface area contributed by atoms with Gasteiger partial charge in [-0.05, 0) is 27.2 Å². The Balaban J connectivity index is 2.28. The van der Waals surface area contributed by atoms with E-state index in [1.165, 1.54) is 4.90 Å². The molecule has 0 unspecified atom stereocenters. The van der Waals surface area contributed by atoms with Crippen molar-refractivity contribution in [1.82, 2.24) is 9.88 Å². The molecule has 1 aliphatic rings. The van der Waals surface area contributed by atoms with Gasteiger partial charge in [0.2, 0.25) is 0 Å². The first-order valence-electron chi connectivity index (χ1n) is 6.58. The zero-order chi connectivity index (χ0) is 15.8. The largest absolute Gasteiger partial charge is 0.506 e. The highest BCUT2D eigenvalue weighted by atomic mass is 16.6. The Morgan fingerprint density at radius 3 is 2.71 bits per heavy atom. The van der Waals surface area contributed by atoms with E-state index in [1.807, 2.05) is 0 Å². The second-order valence-corrected chi connectivity index (χ2v) is 5.90. The van der Waals surface area contributed by atoms with Gasteiger partial charge in [-0.3, -0.25) is 4.79 Å². The number of nitrogens with zero attached hydrogens (tertiary/aromatic N) is 2. The van der Waals surface area contributed by atoms with E-state index < -0.39 is 17.3 Å². The molecule has 7 heteroatoms. The predicted molar refractivity (Wildman–Crippen MR) is 73.8 cm³/mol. The number of hydrogen-bond donors (Lipinski definition) is 2. The Morgan fingerprint density at radius 2 is 2.14 bits per heavy atom. The average molecular weight is 291 g/mol. The van der Waals surface area contributed by atoms with E-state index >= 15 is 0 Å². The molecule has 1 aromatic rings. The van der Waals surface area contributed by atoms with Gasteiger partial charge in [0, 0.05) is 17.8 Å². The molecule has 1 aromatic heterocycles. The van der Waals surface area contributed by atoms with Crippen LogP contribution >= 0.6 is 0 Å². The molecule has 0 bridgehead atoms. The first kappa shape index (κ1) is 14.9. The highest BCUT2D eigenvalue weighted by Gasteiger charge is 2.28. The number of nitrogens with one attached hydrogen (secondary N) is 1. The van der Waals surface area contributed by atoms with E-state index in [2.05, 4.69) is 4.98 Å². The minimum Gasteiger partial charge on any atom is -0.506 e. The number of H-pyrrole nitrogens is 1. The van der Waals surface area contributed by atoms with Gasteiger partial charge >= 0.3 is 6.09 Å². The first-order valence-corrected chi connectivity index (χ1v) is 6.58. The summed E-state index contributed by atoms with van der Waals surface area (Å²) >= 11 is 0. The van der Waals surface area contributed by atoms with E-state index in [4.69, 9.17) is 10.00 Å². The second-order valence-electron chi connectivity index (χ2n) is 5.90. The van der Waals surface area contributed by atoms with Crippen LogP contribution in [0.4, 0.5) is 4.79 Å². The van der Waals surface area contributed by atoms with Crippen LogP contribution in [-0.2, 0) is 17.7 Å². The number of nitriles is 1. The number of ether oxygens (including phenoxy) is 1. The van der Waals surface area contributed by atoms with E-state index in [0.29, 0.717) is 24.2 Å². The van der Waals surface area contributed by atoms with Crippen molar-refractivity contribution < 1.29 is 14.6 Å². The highest BCUT2D eigenvalue weighted by Crippen LogP contribution is 2.27. The molecule has 0 saturated heterocycles. The summed E-state index contributed by atoms with van der Waals surface area (Å²) in [6.45, 7) is 5.81. The predicted octanol–water partition coefficient (Wildman–Crippen LogP) is 1.25. The molecular formula is C14H17N3O4. The van der Waals surface area contributed by atoms with Gasteiger partial charge in [0.1, 0.15) is 17.4 Å². The lowest BCUT2D eigenvalue weighted by Crippen LogP contribution is -2.41. The minimum absolute atomic E-state index is 0.138.